The van der Waals surface area contributed by atoms with Crippen molar-refractivity contribution in [3.05, 3.63) is 18.0 Å². The van der Waals surface area contributed by atoms with Crippen LogP contribution in [0.3, 0.4) is 0 Å². The van der Waals surface area contributed by atoms with Gasteiger partial charge in [-0.25, -0.2) is 9.97 Å². The van der Waals surface area contributed by atoms with Crippen LogP contribution >= 0.6 is 0 Å². The van der Waals surface area contributed by atoms with E-state index in [1.807, 2.05) is 19.0 Å². The first-order valence-electron chi connectivity index (χ1n) is 7.23. The molecule has 0 radical (unpaired) electrons. The molecular formula is C14H21F3N4O. The summed E-state index contributed by atoms with van der Waals surface area (Å²) in [4.78, 5) is 11.4. The van der Waals surface area contributed by atoms with Gasteiger partial charge in [0.2, 0.25) is 5.95 Å². The van der Waals surface area contributed by atoms with E-state index in [4.69, 9.17) is 0 Å². The van der Waals surface area contributed by atoms with Gasteiger partial charge in [0.05, 0.1) is 0 Å². The van der Waals surface area contributed by atoms with Gasteiger partial charge in [-0.05, 0) is 38.9 Å². The quantitative estimate of drug-likeness (QED) is 0.918. The van der Waals surface area contributed by atoms with Crippen molar-refractivity contribution >= 4 is 5.95 Å². The number of aliphatic hydroxyl groups is 1. The van der Waals surface area contributed by atoms with Crippen LogP contribution in [0.25, 0.3) is 0 Å². The van der Waals surface area contributed by atoms with Gasteiger partial charge in [-0.1, -0.05) is 0 Å². The Bertz CT molecular complexity index is 495. The van der Waals surface area contributed by atoms with Crippen LogP contribution in [0.5, 0.6) is 0 Å². The maximum absolute atomic E-state index is 12.8. The highest BCUT2D eigenvalue weighted by atomic mass is 19.4. The predicted molar refractivity (Wildman–Crippen MR) is 76.5 cm³/mol. The zero-order valence-corrected chi connectivity index (χ0v) is 12.7. The van der Waals surface area contributed by atoms with Crippen molar-refractivity contribution in [2.75, 3.05) is 38.7 Å². The fourth-order valence-electron chi connectivity index (χ4n) is 2.64. The van der Waals surface area contributed by atoms with E-state index in [1.165, 1.54) is 0 Å². The van der Waals surface area contributed by atoms with Crippen LogP contribution in [0.2, 0.25) is 0 Å². The Hall–Kier alpha value is -1.41. The van der Waals surface area contributed by atoms with Gasteiger partial charge in [-0.15, -0.1) is 0 Å². The van der Waals surface area contributed by atoms with Crippen LogP contribution in [-0.2, 0) is 6.18 Å². The first-order chi connectivity index (χ1) is 10.3. The van der Waals surface area contributed by atoms with Crippen molar-refractivity contribution < 1.29 is 18.3 Å². The van der Waals surface area contributed by atoms with Gasteiger partial charge in [0, 0.05) is 31.9 Å². The van der Waals surface area contributed by atoms with E-state index < -0.39 is 11.9 Å². The molecule has 1 aliphatic rings. The molecule has 0 saturated carbocycles. The van der Waals surface area contributed by atoms with Crippen LogP contribution in [0.1, 0.15) is 18.5 Å². The summed E-state index contributed by atoms with van der Waals surface area (Å²) in [7, 11) is 3.88. The summed E-state index contributed by atoms with van der Waals surface area (Å²) in [5.41, 5.74) is -0.941. The van der Waals surface area contributed by atoms with Gasteiger partial charge in [-0.2, -0.15) is 13.2 Å². The van der Waals surface area contributed by atoms with Crippen LogP contribution < -0.4 is 4.90 Å². The van der Waals surface area contributed by atoms with Gasteiger partial charge in [-0.3, -0.25) is 0 Å². The molecule has 5 nitrogen and oxygen atoms in total. The number of alkyl halides is 3. The molecule has 0 aromatic carbocycles. The molecule has 1 fully saturated rings. The van der Waals surface area contributed by atoms with E-state index >= 15 is 0 Å². The number of aromatic nitrogens is 2. The van der Waals surface area contributed by atoms with Gasteiger partial charge < -0.3 is 14.9 Å². The lowest BCUT2D eigenvalue weighted by atomic mass is 10.0. The Labute approximate surface area is 127 Å². The van der Waals surface area contributed by atoms with E-state index in [0.29, 0.717) is 13.1 Å². The summed E-state index contributed by atoms with van der Waals surface area (Å²) in [5.74, 6) is 0.0881. The summed E-state index contributed by atoms with van der Waals surface area (Å²) in [6.45, 7) is 1.02. The van der Waals surface area contributed by atoms with Gasteiger partial charge in [0.15, 0.2) is 0 Å². The Balaban J connectivity index is 2.27. The SMILES string of the molecule is CN(C)[C@@H]1CC[C@H](CO)CN(c2nccc(C(F)(F)F)n2)C1. The Morgan fingerprint density at radius 3 is 2.64 bits per heavy atom. The standard InChI is InChI=1S/C14H21F3N4O/c1-20(2)11-4-3-10(9-22)7-21(8-11)13-18-6-5-12(19-13)14(15,16)17/h5-6,10-11,22H,3-4,7-9H2,1-2H3/t10-,11+/m0/s1. The third-order valence-electron chi connectivity index (χ3n) is 4.02. The van der Waals surface area contributed by atoms with Crippen molar-refractivity contribution in [2.24, 2.45) is 5.92 Å². The molecule has 1 saturated heterocycles. The van der Waals surface area contributed by atoms with Crippen molar-refractivity contribution in [3.63, 3.8) is 0 Å². The van der Waals surface area contributed by atoms with Gasteiger partial charge in [0.25, 0.3) is 0 Å². The lowest BCUT2D eigenvalue weighted by Gasteiger charge is -2.29. The maximum Gasteiger partial charge on any atom is 0.433 e. The molecule has 1 aromatic heterocycles. The molecule has 0 spiro atoms. The third-order valence-corrected chi connectivity index (χ3v) is 4.02. The zero-order valence-electron chi connectivity index (χ0n) is 12.7. The highest BCUT2D eigenvalue weighted by molar-refractivity contribution is 5.32. The molecule has 2 heterocycles. The average molecular weight is 318 g/mol. The second-order valence-corrected chi connectivity index (χ2v) is 5.89. The van der Waals surface area contributed by atoms with E-state index in [0.717, 1.165) is 25.1 Å². The Kier molecular flexibility index (Phi) is 5.23. The van der Waals surface area contributed by atoms with Crippen LogP contribution in [0.4, 0.5) is 19.1 Å². The number of likely N-dealkylation sites (N-methyl/N-ethyl adjacent to an activating group) is 1. The minimum absolute atomic E-state index is 0.00953. The Morgan fingerprint density at radius 2 is 2.05 bits per heavy atom. The first kappa shape index (κ1) is 17.0. The second-order valence-electron chi connectivity index (χ2n) is 5.89. The highest BCUT2D eigenvalue weighted by Crippen LogP contribution is 2.29. The molecule has 0 aliphatic carbocycles. The summed E-state index contributed by atoms with van der Waals surface area (Å²) in [6.07, 6.45) is -1.64. The molecule has 8 heteroatoms. The molecule has 124 valence electrons. The number of hydrogen-bond donors (Lipinski definition) is 1. The summed E-state index contributed by atoms with van der Waals surface area (Å²) >= 11 is 0. The third kappa shape index (κ3) is 4.07. The monoisotopic (exact) mass is 318 g/mol. The predicted octanol–water partition coefficient (Wildman–Crippen LogP) is 1.63. The number of nitrogens with zero attached hydrogens (tertiary/aromatic N) is 4. The van der Waals surface area contributed by atoms with E-state index in [1.54, 1.807) is 4.90 Å². The average Bonchev–Trinajstić information content (AvgIpc) is 2.69. The molecule has 0 bridgehead atoms. The smallest absolute Gasteiger partial charge is 0.396 e. The number of rotatable bonds is 3. The molecule has 1 N–H and O–H groups in total. The summed E-state index contributed by atoms with van der Waals surface area (Å²) in [5, 5.41) is 9.43. The Morgan fingerprint density at radius 1 is 1.32 bits per heavy atom. The number of halogens is 3. The van der Waals surface area contributed by atoms with Gasteiger partial charge >= 0.3 is 6.18 Å². The molecule has 1 aromatic rings. The normalized spacial score (nSPS) is 23.7. The summed E-state index contributed by atoms with van der Waals surface area (Å²) < 4.78 is 38.4. The highest BCUT2D eigenvalue weighted by Gasteiger charge is 2.34. The maximum atomic E-state index is 12.8. The first-order valence-corrected chi connectivity index (χ1v) is 7.23. The number of aliphatic hydroxyl groups excluding tert-OH is 1. The minimum Gasteiger partial charge on any atom is -0.396 e. The number of hydrogen-bond acceptors (Lipinski definition) is 5. The number of anilines is 1. The minimum atomic E-state index is -4.49. The second kappa shape index (κ2) is 6.78. The fraction of sp³-hybridized carbons (Fsp3) is 0.714. The van der Waals surface area contributed by atoms with Crippen molar-refractivity contribution in [1.82, 2.24) is 14.9 Å². The molecular weight excluding hydrogens is 297 g/mol. The van der Waals surface area contributed by atoms with E-state index in [-0.39, 0.29) is 24.5 Å². The van der Waals surface area contributed by atoms with E-state index in [2.05, 4.69) is 9.97 Å². The van der Waals surface area contributed by atoms with Gasteiger partial charge in [0.1, 0.15) is 5.69 Å². The lowest BCUT2D eigenvalue weighted by Crippen LogP contribution is -2.40. The van der Waals surface area contributed by atoms with Crippen molar-refractivity contribution in [1.29, 1.82) is 0 Å². The van der Waals surface area contributed by atoms with Crippen molar-refractivity contribution in [2.45, 2.75) is 25.1 Å². The fourth-order valence-corrected chi connectivity index (χ4v) is 2.64. The summed E-state index contributed by atoms with van der Waals surface area (Å²) in [6, 6.07) is 1.06. The topological polar surface area (TPSA) is 52.5 Å². The molecule has 2 rings (SSSR count). The van der Waals surface area contributed by atoms with Crippen LogP contribution in [-0.4, -0.2) is 59.8 Å². The molecule has 2 atom stereocenters. The lowest BCUT2D eigenvalue weighted by molar-refractivity contribution is -0.141. The molecule has 0 unspecified atom stereocenters. The molecule has 1 aliphatic heterocycles. The zero-order chi connectivity index (χ0) is 16.3. The van der Waals surface area contributed by atoms with Crippen molar-refractivity contribution in [3.8, 4) is 0 Å². The van der Waals surface area contributed by atoms with Crippen LogP contribution in [0, 0.1) is 5.92 Å². The molecule has 0 amide bonds. The largest absolute Gasteiger partial charge is 0.433 e. The van der Waals surface area contributed by atoms with Crippen LogP contribution in [0.15, 0.2) is 12.3 Å². The molecule has 22 heavy (non-hydrogen) atoms. The van der Waals surface area contributed by atoms with E-state index in [9.17, 15) is 18.3 Å².